The fraction of sp³-hybridized carbons (Fsp3) is 0.333. The van der Waals surface area contributed by atoms with Crippen LogP contribution in [0.25, 0.3) is 0 Å². The minimum absolute atomic E-state index is 0.0295. The predicted octanol–water partition coefficient (Wildman–Crippen LogP) is 0.826. The van der Waals surface area contributed by atoms with Crippen molar-refractivity contribution in [2.24, 2.45) is 7.05 Å². The van der Waals surface area contributed by atoms with Crippen LogP contribution in [-0.4, -0.2) is 23.1 Å². The SMILES string of the molecule is Cc1oncc1NS(=O)(=O)c1cn(C)c(C)n1. The Kier molecular flexibility index (Phi) is 2.66. The molecule has 92 valence electrons. The molecule has 0 spiro atoms. The highest BCUT2D eigenvalue weighted by molar-refractivity contribution is 7.92. The Bertz CT molecular complexity index is 622. The maximum absolute atomic E-state index is 12.0. The second-order valence-corrected chi connectivity index (χ2v) is 5.27. The van der Waals surface area contributed by atoms with Gasteiger partial charge in [0.05, 0.1) is 6.20 Å². The summed E-state index contributed by atoms with van der Waals surface area (Å²) >= 11 is 0. The number of hydrogen-bond donors (Lipinski definition) is 1. The van der Waals surface area contributed by atoms with Crippen LogP contribution >= 0.6 is 0 Å². The third-order valence-corrected chi connectivity index (χ3v) is 3.59. The monoisotopic (exact) mass is 256 g/mol. The lowest BCUT2D eigenvalue weighted by Crippen LogP contribution is -2.13. The molecule has 0 unspecified atom stereocenters. The Morgan fingerprint density at radius 2 is 2.12 bits per heavy atom. The molecule has 2 aromatic rings. The zero-order valence-electron chi connectivity index (χ0n) is 9.63. The Labute approximate surface area is 98.5 Å². The average Bonchev–Trinajstić information content (AvgIpc) is 2.76. The first kappa shape index (κ1) is 11.6. The van der Waals surface area contributed by atoms with Gasteiger partial charge in [-0.2, -0.15) is 8.42 Å². The molecule has 0 bridgehead atoms. The third-order valence-electron chi connectivity index (χ3n) is 2.36. The molecule has 0 radical (unpaired) electrons. The van der Waals surface area contributed by atoms with E-state index in [-0.39, 0.29) is 5.03 Å². The number of aryl methyl sites for hydroxylation is 3. The van der Waals surface area contributed by atoms with E-state index in [9.17, 15) is 8.42 Å². The minimum atomic E-state index is -3.69. The molecular formula is C9H12N4O3S. The Balaban J connectivity index is 2.35. The van der Waals surface area contributed by atoms with Crippen molar-refractivity contribution in [3.05, 3.63) is 24.0 Å². The molecular weight excluding hydrogens is 244 g/mol. The number of hydrogen-bond acceptors (Lipinski definition) is 5. The number of nitrogens with one attached hydrogen (secondary N) is 1. The highest BCUT2D eigenvalue weighted by Gasteiger charge is 2.20. The molecule has 0 aromatic carbocycles. The van der Waals surface area contributed by atoms with Gasteiger partial charge in [-0.1, -0.05) is 5.16 Å². The fourth-order valence-electron chi connectivity index (χ4n) is 1.25. The fourth-order valence-corrected chi connectivity index (χ4v) is 2.39. The maximum Gasteiger partial charge on any atom is 0.281 e. The summed E-state index contributed by atoms with van der Waals surface area (Å²) in [5.41, 5.74) is 0.313. The molecule has 2 rings (SSSR count). The molecule has 7 nitrogen and oxygen atoms in total. The van der Waals surface area contributed by atoms with Crippen LogP contribution in [0.5, 0.6) is 0 Å². The van der Waals surface area contributed by atoms with Crippen molar-refractivity contribution in [1.29, 1.82) is 0 Å². The average molecular weight is 256 g/mol. The molecule has 0 atom stereocenters. The molecule has 2 heterocycles. The summed E-state index contributed by atoms with van der Waals surface area (Å²) in [5.74, 6) is 1.02. The van der Waals surface area contributed by atoms with Crippen molar-refractivity contribution in [3.8, 4) is 0 Å². The quantitative estimate of drug-likeness (QED) is 0.878. The van der Waals surface area contributed by atoms with E-state index in [2.05, 4.69) is 14.9 Å². The second kappa shape index (κ2) is 3.88. The lowest BCUT2D eigenvalue weighted by atomic mass is 10.4. The van der Waals surface area contributed by atoms with Crippen molar-refractivity contribution in [2.75, 3.05) is 4.72 Å². The smallest absolute Gasteiger partial charge is 0.281 e. The standard InChI is InChI=1S/C9H12N4O3S/c1-6-8(4-10-16-6)12-17(14,15)9-5-13(3)7(2)11-9/h4-5,12H,1-3H3. The molecule has 8 heteroatoms. The van der Waals surface area contributed by atoms with Crippen molar-refractivity contribution in [1.82, 2.24) is 14.7 Å². The van der Waals surface area contributed by atoms with E-state index in [1.54, 1.807) is 25.5 Å². The van der Waals surface area contributed by atoms with Gasteiger partial charge in [-0.15, -0.1) is 0 Å². The van der Waals surface area contributed by atoms with Crippen LogP contribution in [0.1, 0.15) is 11.6 Å². The maximum atomic E-state index is 12.0. The summed E-state index contributed by atoms with van der Waals surface area (Å²) in [4.78, 5) is 3.95. The number of anilines is 1. The van der Waals surface area contributed by atoms with Crippen LogP contribution in [0.4, 0.5) is 5.69 Å². The minimum Gasteiger partial charge on any atom is -0.359 e. The van der Waals surface area contributed by atoms with Crippen LogP contribution in [-0.2, 0) is 17.1 Å². The van der Waals surface area contributed by atoms with Gasteiger partial charge in [0.1, 0.15) is 11.5 Å². The Morgan fingerprint density at radius 1 is 1.41 bits per heavy atom. The van der Waals surface area contributed by atoms with E-state index in [0.29, 0.717) is 17.3 Å². The van der Waals surface area contributed by atoms with Gasteiger partial charge in [-0.25, -0.2) is 4.98 Å². The summed E-state index contributed by atoms with van der Waals surface area (Å²) in [5, 5.41) is 3.47. The van der Waals surface area contributed by atoms with Gasteiger partial charge < -0.3 is 9.09 Å². The van der Waals surface area contributed by atoms with E-state index in [4.69, 9.17) is 4.52 Å². The van der Waals surface area contributed by atoms with Crippen LogP contribution in [0.2, 0.25) is 0 Å². The first-order chi connectivity index (χ1) is 7.90. The molecule has 1 N–H and O–H groups in total. The van der Waals surface area contributed by atoms with Crippen molar-refractivity contribution in [3.63, 3.8) is 0 Å². The number of aromatic nitrogens is 3. The van der Waals surface area contributed by atoms with Gasteiger partial charge in [-0.3, -0.25) is 4.72 Å². The summed E-state index contributed by atoms with van der Waals surface area (Å²) in [6, 6.07) is 0. The van der Waals surface area contributed by atoms with Gasteiger partial charge in [0.2, 0.25) is 0 Å². The highest BCUT2D eigenvalue weighted by Crippen LogP contribution is 2.18. The van der Waals surface area contributed by atoms with Crippen LogP contribution in [0.15, 0.2) is 21.9 Å². The molecule has 0 amide bonds. The van der Waals surface area contributed by atoms with E-state index in [0.717, 1.165) is 0 Å². The van der Waals surface area contributed by atoms with Gasteiger partial charge in [0.15, 0.2) is 10.8 Å². The molecule has 0 saturated heterocycles. The van der Waals surface area contributed by atoms with Crippen molar-refractivity contribution in [2.45, 2.75) is 18.9 Å². The third kappa shape index (κ3) is 2.16. The Morgan fingerprint density at radius 3 is 2.59 bits per heavy atom. The van der Waals surface area contributed by atoms with Crippen molar-refractivity contribution < 1.29 is 12.9 Å². The zero-order valence-corrected chi connectivity index (χ0v) is 10.4. The van der Waals surface area contributed by atoms with E-state index >= 15 is 0 Å². The molecule has 0 aliphatic heterocycles. The van der Waals surface area contributed by atoms with Gasteiger partial charge in [-0.05, 0) is 13.8 Å². The topological polar surface area (TPSA) is 90.0 Å². The molecule has 0 saturated carbocycles. The number of imidazole rings is 1. The normalized spacial score (nSPS) is 11.7. The first-order valence-electron chi connectivity index (χ1n) is 4.84. The van der Waals surface area contributed by atoms with Crippen LogP contribution in [0, 0.1) is 13.8 Å². The molecule has 0 aliphatic carbocycles. The van der Waals surface area contributed by atoms with Gasteiger partial charge in [0.25, 0.3) is 10.0 Å². The number of rotatable bonds is 3. The van der Waals surface area contributed by atoms with Crippen molar-refractivity contribution >= 4 is 15.7 Å². The highest BCUT2D eigenvalue weighted by atomic mass is 32.2. The lowest BCUT2D eigenvalue weighted by molar-refractivity contribution is 0.398. The van der Waals surface area contributed by atoms with E-state index < -0.39 is 10.0 Å². The largest absolute Gasteiger partial charge is 0.359 e. The number of sulfonamides is 1. The van der Waals surface area contributed by atoms with E-state index in [1.165, 1.54) is 12.4 Å². The van der Waals surface area contributed by atoms with Gasteiger partial charge >= 0.3 is 0 Å². The molecule has 0 fully saturated rings. The lowest BCUT2D eigenvalue weighted by Gasteiger charge is -2.02. The van der Waals surface area contributed by atoms with Crippen LogP contribution in [0.3, 0.4) is 0 Å². The number of nitrogens with zero attached hydrogens (tertiary/aromatic N) is 3. The summed E-state index contributed by atoms with van der Waals surface area (Å²) in [7, 11) is -1.96. The molecule has 2 aromatic heterocycles. The Hall–Kier alpha value is -1.83. The summed E-state index contributed by atoms with van der Waals surface area (Å²) in [6.07, 6.45) is 2.75. The summed E-state index contributed by atoms with van der Waals surface area (Å²) in [6.45, 7) is 3.35. The first-order valence-corrected chi connectivity index (χ1v) is 6.32. The zero-order chi connectivity index (χ0) is 12.6. The molecule has 0 aliphatic rings. The summed E-state index contributed by atoms with van der Waals surface area (Å²) < 4.78 is 32.7. The molecule has 17 heavy (non-hydrogen) atoms. The second-order valence-electron chi connectivity index (χ2n) is 3.64. The van der Waals surface area contributed by atoms with Gasteiger partial charge in [0, 0.05) is 13.2 Å². The predicted molar refractivity (Wildman–Crippen MR) is 60.0 cm³/mol. The van der Waals surface area contributed by atoms with E-state index in [1.807, 2.05) is 0 Å². The van der Waals surface area contributed by atoms with Crippen LogP contribution < -0.4 is 4.72 Å².